The van der Waals surface area contributed by atoms with Gasteiger partial charge >= 0.3 is 0 Å². The number of aromatic hydroxyl groups is 1. The molecule has 0 saturated carbocycles. The van der Waals surface area contributed by atoms with Crippen LogP contribution >= 0.6 is 0 Å². The smallest absolute Gasteiger partial charge is 0.193 e. The maximum Gasteiger partial charge on any atom is 0.193 e. The van der Waals surface area contributed by atoms with Crippen LogP contribution in [-0.2, 0) is 6.42 Å². The molecule has 0 saturated heterocycles. The number of rotatable bonds is 5. The zero-order valence-corrected chi connectivity index (χ0v) is 16.3. The van der Waals surface area contributed by atoms with Crippen LogP contribution in [0.1, 0.15) is 27.0 Å². The summed E-state index contributed by atoms with van der Waals surface area (Å²) < 4.78 is 5.93. The lowest BCUT2D eigenvalue weighted by atomic mass is 9.88. The quantitative estimate of drug-likeness (QED) is 0.467. The maximum absolute atomic E-state index is 12.9. The van der Waals surface area contributed by atoms with Crippen LogP contribution < -0.4 is 4.74 Å². The molecule has 4 aromatic rings. The Bertz CT molecular complexity index is 1260. The van der Waals surface area contributed by atoms with Gasteiger partial charge in [-0.3, -0.25) is 4.79 Å². The fourth-order valence-corrected chi connectivity index (χ4v) is 3.93. The van der Waals surface area contributed by atoms with Crippen LogP contribution in [0.5, 0.6) is 11.5 Å². The molecule has 3 heteroatoms. The van der Waals surface area contributed by atoms with E-state index in [1.54, 1.807) is 12.1 Å². The molecular formula is C27H20O3. The van der Waals surface area contributed by atoms with Gasteiger partial charge in [-0.25, -0.2) is 0 Å². The van der Waals surface area contributed by atoms with Crippen LogP contribution in [0.2, 0.25) is 0 Å². The van der Waals surface area contributed by atoms with Gasteiger partial charge in [0, 0.05) is 16.5 Å². The summed E-state index contributed by atoms with van der Waals surface area (Å²) in [6.07, 6.45) is 2.72. The molecule has 3 nitrogen and oxygen atoms in total. The molecule has 5 rings (SSSR count). The van der Waals surface area contributed by atoms with Crippen molar-refractivity contribution in [2.45, 2.75) is 6.42 Å². The molecule has 1 N–H and O–H groups in total. The third-order valence-corrected chi connectivity index (χ3v) is 5.47. The summed E-state index contributed by atoms with van der Waals surface area (Å²) in [5.74, 6) is 1.03. The number of benzene rings is 4. The summed E-state index contributed by atoms with van der Waals surface area (Å²) in [4.78, 5) is 12.9. The lowest BCUT2D eigenvalue weighted by molar-refractivity contribution is 0.102. The summed E-state index contributed by atoms with van der Waals surface area (Å²) >= 11 is 0. The number of ketones is 1. The first-order chi connectivity index (χ1) is 14.7. The van der Waals surface area contributed by atoms with E-state index in [1.165, 1.54) is 0 Å². The highest BCUT2D eigenvalue weighted by Crippen LogP contribution is 2.31. The van der Waals surface area contributed by atoms with Crippen LogP contribution in [0, 0.1) is 0 Å². The van der Waals surface area contributed by atoms with Crippen molar-refractivity contribution in [3.05, 3.63) is 113 Å². The van der Waals surface area contributed by atoms with Gasteiger partial charge in [0.05, 0.1) is 0 Å². The standard InChI is InChI=1S/C27H20O3/c28-23-11-7-18(8-12-23)15-19-9-13-24(14-10-19)30-17-22-16-21-5-1-3-20-4-2-6-25(26(20)21)27(22)29/h1-14,16,28H,15,17H2. The van der Waals surface area contributed by atoms with Crippen molar-refractivity contribution in [3.8, 4) is 11.5 Å². The largest absolute Gasteiger partial charge is 0.508 e. The molecule has 0 radical (unpaired) electrons. The van der Waals surface area contributed by atoms with Gasteiger partial charge in [0.25, 0.3) is 0 Å². The number of carbonyl (C=O) groups excluding carboxylic acids is 1. The van der Waals surface area contributed by atoms with Gasteiger partial charge in [-0.1, -0.05) is 60.7 Å². The lowest BCUT2D eigenvalue weighted by Crippen LogP contribution is -2.15. The monoisotopic (exact) mass is 392 g/mol. The van der Waals surface area contributed by atoms with Crippen LogP contribution in [0.25, 0.3) is 16.8 Å². The zero-order valence-electron chi connectivity index (χ0n) is 16.3. The molecule has 0 unspecified atom stereocenters. The molecule has 1 aliphatic carbocycles. The molecule has 0 aliphatic heterocycles. The first-order valence-electron chi connectivity index (χ1n) is 9.94. The van der Waals surface area contributed by atoms with Gasteiger partial charge in [0.15, 0.2) is 5.78 Å². The maximum atomic E-state index is 12.9. The Labute approximate surface area is 174 Å². The van der Waals surface area contributed by atoms with Crippen molar-refractivity contribution < 1.29 is 14.6 Å². The number of Topliss-reactive ketones (excluding diaryl/α,β-unsaturated/α-hetero) is 1. The van der Waals surface area contributed by atoms with Gasteiger partial charge in [0.2, 0.25) is 0 Å². The molecule has 0 spiro atoms. The van der Waals surface area contributed by atoms with E-state index in [0.717, 1.165) is 45.2 Å². The number of hydrogen-bond acceptors (Lipinski definition) is 3. The highest BCUT2D eigenvalue weighted by atomic mass is 16.5. The van der Waals surface area contributed by atoms with E-state index in [0.29, 0.717) is 5.57 Å². The van der Waals surface area contributed by atoms with E-state index in [4.69, 9.17) is 4.74 Å². The third kappa shape index (κ3) is 3.46. The molecule has 4 aromatic carbocycles. The highest BCUT2D eigenvalue weighted by Gasteiger charge is 2.21. The molecule has 0 bridgehead atoms. The minimum atomic E-state index is 0.0308. The second-order valence-electron chi connectivity index (χ2n) is 7.53. The Hall–Kier alpha value is -3.85. The second kappa shape index (κ2) is 7.53. The van der Waals surface area contributed by atoms with Crippen molar-refractivity contribution in [2.24, 2.45) is 0 Å². The highest BCUT2D eigenvalue weighted by molar-refractivity contribution is 6.22. The molecule has 0 fully saturated rings. The normalized spacial score (nSPS) is 12.7. The molecule has 1 aliphatic rings. The fraction of sp³-hybridized carbons (Fsp3) is 0.0741. The van der Waals surface area contributed by atoms with E-state index in [9.17, 15) is 9.90 Å². The van der Waals surface area contributed by atoms with Crippen molar-refractivity contribution in [1.29, 1.82) is 0 Å². The molecule has 0 atom stereocenters. The second-order valence-corrected chi connectivity index (χ2v) is 7.53. The molecular weight excluding hydrogens is 372 g/mol. The Kier molecular flexibility index (Phi) is 4.56. The number of ether oxygens (including phenoxy) is 1. The summed E-state index contributed by atoms with van der Waals surface area (Å²) in [6, 6.07) is 27.1. The SMILES string of the molecule is O=C1C(COc2ccc(Cc3ccc(O)cc3)cc2)=Cc2cccc3cccc1c23. The average molecular weight is 392 g/mol. The topological polar surface area (TPSA) is 46.5 Å². The van der Waals surface area contributed by atoms with Gasteiger partial charge in [-0.2, -0.15) is 0 Å². The van der Waals surface area contributed by atoms with E-state index in [2.05, 4.69) is 0 Å². The summed E-state index contributed by atoms with van der Waals surface area (Å²) in [5.41, 5.74) is 4.75. The van der Waals surface area contributed by atoms with Gasteiger partial charge in [0.1, 0.15) is 18.1 Å². The van der Waals surface area contributed by atoms with Crippen LogP contribution in [0.4, 0.5) is 0 Å². The lowest BCUT2D eigenvalue weighted by Gasteiger charge is -2.17. The van der Waals surface area contributed by atoms with Crippen LogP contribution in [0.15, 0.2) is 90.5 Å². The van der Waals surface area contributed by atoms with E-state index < -0.39 is 0 Å². The summed E-state index contributed by atoms with van der Waals surface area (Å²) in [7, 11) is 0. The molecule has 146 valence electrons. The van der Waals surface area contributed by atoms with E-state index in [-0.39, 0.29) is 18.1 Å². The van der Waals surface area contributed by atoms with E-state index in [1.807, 2.05) is 78.9 Å². The summed E-state index contributed by atoms with van der Waals surface area (Å²) in [5, 5.41) is 11.5. The summed E-state index contributed by atoms with van der Waals surface area (Å²) in [6.45, 7) is 0.237. The van der Waals surface area contributed by atoms with E-state index >= 15 is 0 Å². The van der Waals surface area contributed by atoms with Crippen molar-refractivity contribution in [1.82, 2.24) is 0 Å². The Balaban J connectivity index is 1.30. The fourth-order valence-electron chi connectivity index (χ4n) is 3.93. The molecule has 0 aromatic heterocycles. The zero-order chi connectivity index (χ0) is 20.5. The van der Waals surface area contributed by atoms with Crippen molar-refractivity contribution in [3.63, 3.8) is 0 Å². The van der Waals surface area contributed by atoms with Gasteiger partial charge in [-0.05, 0) is 58.8 Å². The Morgan fingerprint density at radius 1 is 0.767 bits per heavy atom. The first-order valence-corrected chi connectivity index (χ1v) is 9.94. The average Bonchev–Trinajstić information content (AvgIpc) is 2.78. The minimum absolute atomic E-state index is 0.0308. The first kappa shape index (κ1) is 18.2. The predicted molar refractivity (Wildman–Crippen MR) is 119 cm³/mol. The van der Waals surface area contributed by atoms with Crippen LogP contribution in [0.3, 0.4) is 0 Å². The minimum Gasteiger partial charge on any atom is -0.508 e. The molecule has 0 heterocycles. The number of phenolic OH excluding ortho intramolecular Hbond substituents is 1. The van der Waals surface area contributed by atoms with Crippen molar-refractivity contribution >= 4 is 22.6 Å². The van der Waals surface area contributed by atoms with Gasteiger partial charge < -0.3 is 9.84 Å². The molecule has 0 amide bonds. The number of phenols is 1. The third-order valence-electron chi connectivity index (χ3n) is 5.47. The number of hydrogen-bond donors (Lipinski definition) is 1. The Morgan fingerprint density at radius 3 is 2.17 bits per heavy atom. The van der Waals surface area contributed by atoms with Crippen molar-refractivity contribution in [2.75, 3.05) is 6.61 Å². The molecule has 30 heavy (non-hydrogen) atoms. The predicted octanol–water partition coefficient (Wildman–Crippen LogP) is 5.79. The Morgan fingerprint density at radius 2 is 1.43 bits per heavy atom. The van der Waals surface area contributed by atoms with Gasteiger partial charge in [-0.15, -0.1) is 0 Å². The number of carbonyl (C=O) groups is 1. The van der Waals surface area contributed by atoms with Crippen LogP contribution in [-0.4, -0.2) is 17.5 Å².